The van der Waals surface area contributed by atoms with Crippen molar-refractivity contribution in [3.8, 4) is 0 Å². The molecular weight excluding hydrogens is 206 g/mol. The molecule has 0 aliphatic carbocycles. The van der Waals surface area contributed by atoms with Crippen LogP contribution in [0.5, 0.6) is 0 Å². The summed E-state index contributed by atoms with van der Waals surface area (Å²) in [5, 5.41) is 0. The summed E-state index contributed by atoms with van der Waals surface area (Å²) in [6.45, 7) is 4.31. The molecule has 0 N–H and O–H groups in total. The van der Waals surface area contributed by atoms with Crippen molar-refractivity contribution in [2.75, 3.05) is 0 Å². The van der Waals surface area contributed by atoms with Gasteiger partial charge in [-0.2, -0.15) is 0 Å². The van der Waals surface area contributed by atoms with E-state index >= 15 is 0 Å². The van der Waals surface area contributed by atoms with Crippen molar-refractivity contribution < 1.29 is 0 Å². The largest absolute Gasteiger partial charge is 0.252 e. The molecule has 0 bridgehead atoms. The average Bonchev–Trinajstić information content (AvgIpc) is 2.74. The van der Waals surface area contributed by atoms with Crippen LogP contribution in [0.15, 0.2) is 47.5 Å². The maximum absolute atomic E-state index is 4.74. The van der Waals surface area contributed by atoms with E-state index in [1.54, 1.807) is 0 Å². The molecule has 2 aromatic carbocycles. The zero-order valence-corrected chi connectivity index (χ0v) is 10.2. The highest BCUT2D eigenvalue weighted by molar-refractivity contribution is 6.06. The number of rotatable bonds is 1. The minimum atomic E-state index is 0.959. The summed E-state index contributed by atoms with van der Waals surface area (Å²) >= 11 is 0. The van der Waals surface area contributed by atoms with Gasteiger partial charge in [0.05, 0.1) is 11.4 Å². The standard InChI is InChI=1S/C16H15N/c1-11-8-14-10-16(13-6-4-3-5-7-13)17-15(14)9-12(11)2/h3-9H,10H2,1-2H3. The molecule has 0 atom stereocenters. The van der Waals surface area contributed by atoms with Crippen LogP contribution in [0.1, 0.15) is 22.3 Å². The van der Waals surface area contributed by atoms with Gasteiger partial charge in [0.15, 0.2) is 0 Å². The van der Waals surface area contributed by atoms with Gasteiger partial charge in [-0.05, 0) is 42.2 Å². The monoisotopic (exact) mass is 221 g/mol. The van der Waals surface area contributed by atoms with E-state index in [1.165, 1.54) is 28.0 Å². The number of aliphatic imine (C=N–C) groups is 1. The Bertz CT molecular complexity index is 594. The molecule has 0 aromatic heterocycles. The van der Waals surface area contributed by atoms with Crippen LogP contribution >= 0.6 is 0 Å². The summed E-state index contributed by atoms with van der Waals surface area (Å²) < 4.78 is 0. The Morgan fingerprint density at radius 2 is 1.65 bits per heavy atom. The van der Waals surface area contributed by atoms with Crippen molar-refractivity contribution in [3.63, 3.8) is 0 Å². The van der Waals surface area contributed by atoms with E-state index in [-0.39, 0.29) is 0 Å². The van der Waals surface area contributed by atoms with Crippen molar-refractivity contribution in [3.05, 3.63) is 64.7 Å². The van der Waals surface area contributed by atoms with Gasteiger partial charge < -0.3 is 0 Å². The highest BCUT2D eigenvalue weighted by Crippen LogP contribution is 2.31. The number of benzene rings is 2. The van der Waals surface area contributed by atoms with Crippen molar-refractivity contribution in [1.82, 2.24) is 0 Å². The molecule has 0 fully saturated rings. The van der Waals surface area contributed by atoms with Crippen LogP contribution in [0.3, 0.4) is 0 Å². The van der Waals surface area contributed by atoms with Gasteiger partial charge in [0.1, 0.15) is 0 Å². The van der Waals surface area contributed by atoms with Crippen LogP contribution < -0.4 is 0 Å². The summed E-state index contributed by atoms with van der Waals surface area (Å²) in [5.74, 6) is 0. The highest BCUT2D eigenvalue weighted by atomic mass is 14.8. The number of aryl methyl sites for hydroxylation is 2. The van der Waals surface area contributed by atoms with Crippen LogP contribution in [0, 0.1) is 13.8 Å². The Morgan fingerprint density at radius 1 is 0.941 bits per heavy atom. The summed E-state index contributed by atoms with van der Waals surface area (Å²) in [4.78, 5) is 4.74. The quantitative estimate of drug-likeness (QED) is 0.690. The van der Waals surface area contributed by atoms with Crippen molar-refractivity contribution in [2.24, 2.45) is 4.99 Å². The van der Waals surface area contributed by atoms with Gasteiger partial charge in [-0.15, -0.1) is 0 Å². The second-order valence-electron chi connectivity index (χ2n) is 4.67. The summed E-state index contributed by atoms with van der Waals surface area (Å²) in [5.41, 5.74) is 7.60. The minimum Gasteiger partial charge on any atom is -0.252 e. The Morgan fingerprint density at radius 3 is 2.41 bits per heavy atom. The summed E-state index contributed by atoms with van der Waals surface area (Å²) in [6, 6.07) is 14.9. The Balaban J connectivity index is 2.03. The molecule has 0 spiro atoms. The van der Waals surface area contributed by atoms with Gasteiger partial charge in [-0.1, -0.05) is 36.4 Å². The lowest BCUT2D eigenvalue weighted by atomic mass is 10.0. The van der Waals surface area contributed by atoms with Crippen LogP contribution in [-0.2, 0) is 6.42 Å². The van der Waals surface area contributed by atoms with Gasteiger partial charge in [0.25, 0.3) is 0 Å². The lowest BCUT2D eigenvalue weighted by Crippen LogP contribution is -1.99. The topological polar surface area (TPSA) is 12.4 Å². The fourth-order valence-corrected chi connectivity index (χ4v) is 2.27. The summed E-state index contributed by atoms with van der Waals surface area (Å²) in [6.07, 6.45) is 0.959. The Kier molecular flexibility index (Phi) is 2.32. The van der Waals surface area contributed by atoms with E-state index in [9.17, 15) is 0 Å². The molecule has 1 aliphatic rings. The summed E-state index contributed by atoms with van der Waals surface area (Å²) in [7, 11) is 0. The second kappa shape index (κ2) is 3.85. The molecule has 0 radical (unpaired) electrons. The molecule has 1 nitrogen and oxygen atoms in total. The third-order valence-electron chi connectivity index (χ3n) is 3.42. The molecule has 3 rings (SSSR count). The number of nitrogens with zero attached hydrogens (tertiary/aromatic N) is 1. The van der Waals surface area contributed by atoms with Gasteiger partial charge in [0.2, 0.25) is 0 Å². The molecule has 17 heavy (non-hydrogen) atoms. The molecule has 84 valence electrons. The van der Waals surface area contributed by atoms with Gasteiger partial charge in [0, 0.05) is 6.42 Å². The van der Waals surface area contributed by atoms with Crippen LogP contribution in [0.25, 0.3) is 0 Å². The number of fused-ring (bicyclic) bond motifs is 1. The maximum atomic E-state index is 4.74. The van der Waals surface area contributed by atoms with Crippen molar-refractivity contribution >= 4 is 11.4 Å². The Hall–Kier alpha value is -1.89. The molecule has 1 heteroatoms. The van der Waals surface area contributed by atoms with Crippen molar-refractivity contribution in [1.29, 1.82) is 0 Å². The molecular formula is C16H15N. The molecule has 1 heterocycles. The maximum Gasteiger partial charge on any atom is 0.0672 e. The molecule has 0 saturated carbocycles. The lowest BCUT2D eigenvalue weighted by molar-refractivity contribution is 1.28. The van der Waals surface area contributed by atoms with Gasteiger partial charge >= 0.3 is 0 Å². The molecule has 0 amide bonds. The van der Waals surface area contributed by atoms with Crippen LogP contribution in [0.4, 0.5) is 5.69 Å². The third-order valence-corrected chi connectivity index (χ3v) is 3.42. The normalized spacial score (nSPS) is 13.4. The third kappa shape index (κ3) is 1.78. The SMILES string of the molecule is Cc1cc2c(cc1C)N=C(c1ccccc1)C2. The van der Waals surface area contributed by atoms with E-state index in [4.69, 9.17) is 4.99 Å². The second-order valence-corrected chi connectivity index (χ2v) is 4.67. The van der Waals surface area contributed by atoms with E-state index < -0.39 is 0 Å². The average molecular weight is 221 g/mol. The molecule has 2 aromatic rings. The van der Waals surface area contributed by atoms with E-state index in [1.807, 2.05) is 6.07 Å². The van der Waals surface area contributed by atoms with E-state index in [2.05, 4.69) is 50.2 Å². The number of hydrogen-bond donors (Lipinski definition) is 0. The van der Waals surface area contributed by atoms with Crippen molar-refractivity contribution in [2.45, 2.75) is 20.3 Å². The number of hydrogen-bond acceptors (Lipinski definition) is 1. The van der Waals surface area contributed by atoms with Crippen LogP contribution in [-0.4, -0.2) is 5.71 Å². The van der Waals surface area contributed by atoms with Gasteiger partial charge in [-0.3, -0.25) is 4.99 Å². The predicted molar refractivity (Wildman–Crippen MR) is 72.3 cm³/mol. The first-order valence-corrected chi connectivity index (χ1v) is 5.97. The molecule has 0 saturated heterocycles. The van der Waals surface area contributed by atoms with Crippen LogP contribution in [0.2, 0.25) is 0 Å². The zero-order chi connectivity index (χ0) is 11.8. The van der Waals surface area contributed by atoms with E-state index in [0.29, 0.717) is 0 Å². The fourth-order valence-electron chi connectivity index (χ4n) is 2.27. The predicted octanol–water partition coefficient (Wildman–Crippen LogP) is 3.98. The highest BCUT2D eigenvalue weighted by Gasteiger charge is 2.16. The fraction of sp³-hybridized carbons (Fsp3) is 0.188. The zero-order valence-electron chi connectivity index (χ0n) is 10.2. The smallest absolute Gasteiger partial charge is 0.0672 e. The molecule has 0 unspecified atom stereocenters. The first kappa shape index (κ1) is 10.3. The van der Waals surface area contributed by atoms with Gasteiger partial charge in [-0.25, -0.2) is 0 Å². The minimum absolute atomic E-state index is 0.959. The van der Waals surface area contributed by atoms with E-state index in [0.717, 1.165) is 12.1 Å². The Labute approximate surface area is 102 Å². The first-order chi connectivity index (χ1) is 8.24. The lowest BCUT2D eigenvalue weighted by Gasteiger charge is -2.02. The molecule has 1 aliphatic heterocycles. The first-order valence-electron chi connectivity index (χ1n) is 5.97.